The molecule has 0 saturated carbocycles. The van der Waals surface area contributed by atoms with Crippen molar-refractivity contribution in [2.24, 2.45) is 0 Å². The van der Waals surface area contributed by atoms with Crippen molar-refractivity contribution in [1.29, 1.82) is 0 Å². The predicted octanol–water partition coefficient (Wildman–Crippen LogP) is -7.83. The fourth-order valence-electron chi connectivity index (χ4n) is 0. The maximum Gasteiger partial charge on any atom is 1.00 e. The molecule has 0 saturated heterocycles. The van der Waals surface area contributed by atoms with Gasteiger partial charge in [-0.15, -0.1) is 0 Å². The van der Waals surface area contributed by atoms with E-state index in [-0.39, 0.29) is 70.1 Å². The molecule has 0 radical (unpaired) electrons. The maximum atomic E-state index is 8.29. The van der Waals surface area contributed by atoms with Crippen molar-refractivity contribution in [2.75, 3.05) is 0 Å². The van der Waals surface area contributed by atoms with E-state index in [4.69, 9.17) is 24.4 Å². The van der Waals surface area contributed by atoms with Crippen LogP contribution in [0.4, 0.5) is 0 Å². The molecule has 7 nitrogen and oxygen atoms in total. The van der Waals surface area contributed by atoms with Gasteiger partial charge in [0.2, 0.25) is 0 Å². The SMILES string of the molecule is C=O.O.O.OO.[Na+].[Na+].[O-]S[O-]. The minimum absolute atomic E-state index is 0. The standard InChI is InChI=1S/CH2O.2Na.H2O2S.H2O2.2H2O/c1-2;;;1-3-2;1-2;;/h1H2;;;1-2H;1-2H;2*1H2/q;2*+1;;;;/p-2. The number of carbonyl (C=O) groups excluding carboxylic acids is 1. The van der Waals surface area contributed by atoms with E-state index in [0.29, 0.717) is 0 Å². The van der Waals surface area contributed by atoms with E-state index in [1.807, 2.05) is 6.79 Å². The quantitative estimate of drug-likeness (QED) is 0.174. The Labute approximate surface area is 112 Å². The van der Waals surface area contributed by atoms with Crippen LogP contribution in [-0.4, -0.2) is 37.4 Å². The molecule has 10 heteroatoms. The molecule has 0 aliphatic rings. The predicted molar refractivity (Wildman–Crippen MR) is 28.8 cm³/mol. The van der Waals surface area contributed by atoms with Crippen molar-refractivity contribution >= 4 is 19.1 Å². The van der Waals surface area contributed by atoms with E-state index < -0.39 is 12.3 Å². The third-order valence-corrected chi connectivity index (χ3v) is 0. The first-order valence-corrected chi connectivity index (χ1v) is 1.49. The smallest absolute Gasteiger partial charge is 0.811 e. The van der Waals surface area contributed by atoms with Crippen molar-refractivity contribution < 1.29 is 94.5 Å². The zero-order chi connectivity index (χ0) is 6.71. The molecule has 0 fully saturated rings. The molecule has 0 unspecified atom stereocenters. The first kappa shape index (κ1) is 53.1. The van der Waals surface area contributed by atoms with Gasteiger partial charge in [0, 0.05) is 0 Å². The van der Waals surface area contributed by atoms with Crippen LogP contribution in [0.3, 0.4) is 0 Å². The summed E-state index contributed by atoms with van der Waals surface area (Å²) < 4.78 is 16.6. The summed E-state index contributed by atoms with van der Waals surface area (Å²) in [7, 11) is 0. The van der Waals surface area contributed by atoms with Gasteiger partial charge in [0.25, 0.3) is 0 Å². The molecule has 0 aromatic heterocycles. The van der Waals surface area contributed by atoms with Gasteiger partial charge in [-0.2, -0.15) is 0 Å². The molecular formula is CH8Na2O7S. The van der Waals surface area contributed by atoms with E-state index in [2.05, 4.69) is 0 Å². The number of rotatable bonds is 0. The summed E-state index contributed by atoms with van der Waals surface area (Å²) >= 11 is -0.750. The molecule has 0 atom stereocenters. The van der Waals surface area contributed by atoms with Gasteiger partial charge in [-0.25, -0.2) is 0 Å². The summed E-state index contributed by atoms with van der Waals surface area (Å²) in [6.45, 7) is 2.00. The van der Waals surface area contributed by atoms with Crippen LogP contribution in [0.5, 0.6) is 0 Å². The van der Waals surface area contributed by atoms with E-state index in [1.165, 1.54) is 0 Å². The Morgan fingerprint density at radius 1 is 1.00 bits per heavy atom. The van der Waals surface area contributed by atoms with E-state index >= 15 is 0 Å². The van der Waals surface area contributed by atoms with Gasteiger partial charge in [0.15, 0.2) is 0 Å². The molecule has 0 aliphatic heterocycles. The third kappa shape index (κ3) is 356. The minimum atomic E-state index is -0.750. The van der Waals surface area contributed by atoms with Gasteiger partial charge in [-0.05, 0) is 0 Å². The van der Waals surface area contributed by atoms with Crippen LogP contribution in [0.15, 0.2) is 0 Å². The molecule has 0 aromatic carbocycles. The van der Waals surface area contributed by atoms with Gasteiger partial charge >= 0.3 is 59.1 Å². The molecule has 0 aromatic rings. The topological polar surface area (TPSA) is 167 Å². The minimum Gasteiger partial charge on any atom is -0.811 e. The number of hydrogen-bond donors (Lipinski definition) is 2. The third-order valence-electron chi connectivity index (χ3n) is 0. The van der Waals surface area contributed by atoms with Crippen LogP contribution in [0, 0.1) is 0 Å². The summed E-state index contributed by atoms with van der Waals surface area (Å²) in [6.07, 6.45) is 0. The fourth-order valence-corrected chi connectivity index (χ4v) is 0. The Balaban J connectivity index is -0.00000000378. The Bertz CT molecular complexity index is 20.4. The summed E-state index contributed by atoms with van der Waals surface area (Å²) in [4.78, 5) is 8.00. The monoisotopic (exact) mass is 210 g/mol. The summed E-state index contributed by atoms with van der Waals surface area (Å²) in [5.74, 6) is 0. The Hall–Kier alpha value is 1.78. The van der Waals surface area contributed by atoms with Gasteiger partial charge in [-0.3, -0.25) is 10.5 Å². The first-order valence-electron chi connectivity index (χ1n) is 0.822. The molecular weight excluding hydrogens is 202 g/mol. The average molecular weight is 210 g/mol. The second-order valence-corrected chi connectivity index (χ2v) is 0.204. The van der Waals surface area contributed by atoms with Crippen LogP contribution in [-0.2, 0) is 4.79 Å². The Kier molecular flexibility index (Phi) is 855. The average Bonchev–Trinajstić information content (AvgIpc) is 1.78. The number of hydrogen-bond acceptors (Lipinski definition) is 6. The van der Waals surface area contributed by atoms with Gasteiger partial charge < -0.3 is 37.2 Å². The molecule has 0 spiro atoms. The maximum absolute atomic E-state index is 8.29. The second kappa shape index (κ2) is 177. The zero-order valence-corrected chi connectivity index (χ0v) is 11.1. The van der Waals surface area contributed by atoms with Crippen LogP contribution in [0.25, 0.3) is 0 Å². The van der Waals surface area contributed by atoms with Crippen LogP contribution in [0.1, 0.15) is 0 Å². The van der Waals surface area contributed by atoms with Crippen molar-refractivity contribution in [3.8, 4) is 0 Å². The largest absolute Gasteiger partial charge is 1.00 e. The Morgan fingerprint density at radius 3 is 1.00 bits per heavy atom. The van der Waals surface area contributed by atoms with Gasteiger partial charge in [0.1, 0.15) is 6.79 Å². The van der Waals surface area contributed by atoms with E-state index in [0.717, 1.165) is 0 Å². The normalized spacial score (nSPS) is 2.55. The Morgan fingerprint density at radius 2 is 1.00 bits per heavy atom. The summed E-state index contributed by atoms with van der Waals surface area (Å²) in [5.41, 5.74) is 0. The molecule has 0 rings (SSSR count). The number of carbonyl (C=O) groups is 1. The molecule has 11 heavy (non-hydrogen) atoms. The van der Waals surface area contributed by atoms with Crippen LogP contribution in [0.2, 0.25) is 0 Å². The second-order valence-electron chi connectivity index (χ2n) is 0.0680. The van der Waals surface area contributed by atoms with Crippen molar-refractivity contribution in [1.82, 2.24) is 0 Å². The van der Waals surface area contributed by atoms with Crippen molar-refractivity contribution in [3.63, 3.8) is 0 Å². The fraction of sp³-hybridized carbons (Fsp3) is 0. The van der Waals surface area contributed by atoms with Gasteiger partial charge in [0.05, 0.1) is 0 Å². The molecule has 0 bridgehead atoms. The van der Waals surface area contributed by atoms with Crippen LogP contribution >= 0.6 is 12.3 Å². The van der Waals surface area contributed by atoms with E-state index in [9.17, 15) is 0 Å². The van der Waals surface area contributed by atoms with Gasteiger partial charge in [-0.1, -0.05) is 0 Å². The molecule has 0 heterocycles. The molecule has 62 valence electrons. The van der Waals surface area contributed by atoms with Crippen molar-refractivity contribution in [2.45, 2.75) is 0 Å². The van der Waals surface area contributed by atoms with E-state index in [1.54, 1.807) is 0 Å². The van der Waals surface area contributed by atoms with Crippen molar-refractivity contribution in [3.05, 3.63) is 0 Å². The molecule has 6 N–H and O–H groups in total. The van der Waals surface area contributed by atoms with Crippen LogP contribution < -0.4 is 59.1 Å². The summed E-state index contributed by atoms with van der Waals surface area (Å²) in [6, 6.07) is 0. The molecule has 0 amide bonds. The molecule has 0 aliphatic carbocycles. The summed E-state index contributed by atoms with van der Waals surface area (Å²) in [5, 5.41) is 12.0. The zero-order valence-electron chi connectivity index (χ0n) is 6.23. The first-order chi connectivity index (χ1) is 3.41.